The zero-order chi connectivity index (χ0) is 19.8. The van der Waals surface area contributed by atoms with Crippen molar-refractivity contribution in [3.05, 3.63) is 42.3 Å². The third-order valence-corrected chi connectivity index (χ3v) is 6.02. The van der Waals surface area contributed by atoms with Crippen molar-refractivity contribution in [1.29, 1.82) is 0 Å². The van der Waals surface area contributed by atoms with Crippen LogP contribution >= 0.6 is 0 Å². The van der Waals surface area contributed by atoms with Crippen molar-refractivity contribution in [2.75, 3.05) is 20.2 Å². The Morgan fingerprint density at radius 3 is 2.83 bits per heavy atom. The van der Waals surface area contributed by atoms with Gasteiger partial charge in [-0.1, -0.05) is 0 Å². The van der Waals surface area contributed by atoms with Gasteiger partial charge in [-0.2, -0.15) is 0 Å². The number of hydrogen-bond donors (Lipinski definition) is 1. The molecular weight excluding hydrogens is 364 g/mol. The molecular formula is C23H26N4O2. The van der Waals surface area contributed by atoms with Crippen molar-refractivity contribution < 1.29 is 9.15 Å². The summed E-state index contributed by atoms with van der Waals surface area (Å²) in [5, 5.41) is 4.56. The van der Waals surface area contributed by atoms with Crippen LogP contribution in [0.5, 0.6) is 5.75 Å². The molecule has 1 N–H and O–H groups in total. The van der Waals surface area contributed by atoms with E-state index >= 15 is 0 Å². The molecule has 0 amide bonds. The monoisotopic (exact) mass is 390 g/mol. The normalized spacial score (nSPS) is 15.4. The highest BCUT2D eigenvalue weighted by molar-refractivity contribution is 6.04. The van der Waals surface area contributed by atoms with Gasteiger partial charge in [0.1, 0.15) is 11.3 Å². The van der Waals surface area contributed by atoms with Crippen molar-refractivity contribution in [2.24, 2.45) is 5.92 Å². The third-order valence-electron chi connectivity index (χ3n) is 6.02. The van der Waals surface area contributed by atoms with E-state index in [4.69, 9.17) is 19.1 Å². The average Bonchev–Trinajstić information content (AvgIpc) is 3.41. The van der Waals surface area contributed by atoms with Gasteiger partial charge in [-0.25, -0.2) is 4.98 Å². The van der Waals surface area contributed by atoms with Crippen LogP contribution in [-0.2, 0) is 6.54 Å². The molecule has 3 aromatic heterocycles. The van der Waals surface area contributed by atoms with Crippen LogP contribution in [0, 0.1) is 12.8 Å². The van der Waals surface area contributed by atoms with E-state index < -0.39 is 0 Å². The Hall–Kier alpha value is -2.86. The Bertz CT molecular complexity index is 1140. The van der Waals surface area contributed by atoms with Crippen LogP contribution in [-0.4, -0.2) is 34.7 Å². The molecule has 0 saturated carbocycles. The molecule has 29 heavy (non-hydrogen) atoms. The van der Waals surface area contributed by atoms with Gasteiger partial charge < -0.3 is 19.0 Å². The van der Waals surface area contributed by atoms with Gasteiger partial charge in [0.2, 0.25) is 0 Å². The van der Waals surface area contributed by atoms with Gasteiger partial charge in [0.25, 0.3) is 0 Å². The highest BCUT2D eigenvalue weighted by atomic mass is 16.5. The smallest absolute Gasteiger partial charge is 0.177 e. The number of rotatable bonds is 5. The van der Waals surface area contributed by atoms with E-state index in [0.717, 1.165) is 76.9 Å². The first-order valence-electron chi connectivity index (χ1n) is 10.3. The number of aryl methyl sites for hydroxylation is 2. The van der Waals surface area contributed by atoms with Crippen molar-refractivity contribution >= 4 is 21.9 Å². The summed E-state index contributed by atoms with van der Waals surface area (Å²) in [4.78, 5) is 9.78. The van der Waals surface area contributed by atoms with E-state index in [9.17, 15) is 0 Å². The summed E-state index contributed by atoms with van der Waals surface area (Å²) < 4.78 is 13.5. The van der Waals surface area contributed by atoms with Gasteiger partial charge in [0, 0.05) is 18.0 Å². The number of nitrogens with zero attached hydrogens (tertiary/aromatic N) is 3. The first kappa shape index (κ1) is 18.2. The lowest BCUT2D eigenvalue weighted by Crippen LogP contribution is -2.28. The molecule has 1 aliphatic rings. The summed E-state index contributed by atoms with van der Waals surface area (Å²) in [6, 6.07) is 9.99. The summed E-state index contributed by atoms with van der Waals surface area (Å²) >= 11 is 0. The Morgan fingerprint density at radius 1 is 1.21 bits per heavy atom. The summed E-state index contributed by atoms with van der Waals surface area (Å²) in [7, 11) is 1.69. The second kappa shape index (κ2) is 7.52. The van der Waals surface area contributed by atoms with Crippen molar-refractivity contribution in [3.63, 3.8) is 0 Å². The summed E-state index contributed by atoms with van der Waals surface area (Å²) in [6.45, 7) is 5.18. The highest BCUT2D eigenvalue weighted by Crippen LogP contribution is 2.33. The largest absolute Gasteiger partial charge is 0.497 e. The second-order valence-electron chi connectivity index (χ2n) is 7.82. The van der Waals surface area contributed by atoms with Crippen LogP contribution in [0.1, 0.15) is 25.0 Å². The number of imidazole rings is 1. The number of piperidine rings is 1. The quantitative estimate of drug-likeness (QED) is 0.541. The number of ether oxygens (including phenoxy) is 1. The number of nitrogens with one attached hydrogen (secondary N) is 1. The number of hydrogen-bond acceptors (Lipinski definition) is 5. The molecule has 1 saturated heterocycles. The van der Waals surface area contributed by atoms with Gasteiger partial charge in [-0.15, -0.1) is 0 Å². The van der Waals surface area contributed by atoms with Crippen LogP contribution in [0.2, 0.25) is 0 Å². The molecule has 4 heterocycles. The topological polar surface area (TPSA) is 65.1 Å². The maximum Gasteiger partial charge on any atom is 0.177 e. The Kier molecular flexibility index (Phi) is 4.72. The molecule has 0 radical (unpaired) electrons. The van der Waals surface area contributed by atoms with Crippen LogP contribution in [0.25, 0.3) is 33.5 Å². The van der Waals surface area contributed by atoms with Gasteiger partial charge >= 0.3 is 0 Å². The van der Waals surface area contributed by atoms with Gasteiger partial charge in [-0.3, -0.25) is 4.98 Å². The van der Waals surface area contributed by atoms with Crippen molar-refractivity contribution in [3.8, 4) is 17.3 Å². The molecule has 0 aliphatic carbocycles. The number of furan rings is 1. The van der Waals surface area contributed by atoms with E-state index in [1.807, 2.05) is 31.2 Å². The van der Waals surface area contributed by atoms with Gasteiger partial charge in [-0.05, 0) is 69.5 Å². The summed E-state index contributed by atoms with van der Waals surface area (Å²) in [6.07, 6.45) is 5.32. The van der Waals surface area contributed by atoms with Crippen LogP contribution in [0.3, 0.4) is 0 Å². The van der Waals surface area contributed by atoms with E-state index in [1.54, 1.807) is 13.4 Å². The zero-order valence-corrected chi connectivity index (χ0v) is 16.9. The second-order valence-corrected chi connectivity index (χ2v) is 7.82. The summed E-state index contributed by atoms with van der Waals surface area (Å²) in [5.74, 6) is 3.24. The van der Waals surface area contributed by atoms with Crippen LogP contribution in [0.15, 0.2) is 41.0 Å². The van der Waals surface area contributed by atoms with E-state index in [2.05, 4.69) is 16.0 Å². The number of aromatic nitrogens is 3. The van der Waals surface area contributed by atoms with Crippen molar-refractivity contribution in [2.45, 2.75) is 32.7 Å². The van der Waals surface area contributed by atoms with E-state index in [1.165, 1.54) is 12.8 Å². The number of methoxy groups -OCH3 is 1. The molecule has 5 rings (SSSR count). The van der Waals surface area contributed by atoms with E-state index in [0.29, 0.717) is 0 Å². The maximum atomic E-state index is 5.74. The van der Waals surface area contributed by atoms with Gasteiger partial charge in [0.05, 0.1) is 30.1 Å². The molecule has 150 valence electrons. The van der Waals surface area contributed by atoms with Gasteiger partial charge in [0.15, 0.2) is 11.6 Å². The van der Waals surface area contributed by atoms with E-state index in [-0.39, 0.29) is 0 Å². The average molecular weight is 390 g/mol. The fourth-order valence-corrected chi connectivity index (χ4v) is 4.44. The lowest BCUT2D eigenvalue weighted by atomic mass is 9.94. The Morgan fingerprint density at radius 2 is 2.07 bits per heavy atom. The molecule has 6 heteroatoms. The lowest BCUT2D eigenvalue weighted by molar-refractivity contribution is 0.339. The standard InChI is InChI=1S/C23H26N4O2/c1-15-21-22(18-6-5-17(28-2)14-19(18)25-15)27(12-9-16-7-10-24-11-8-16)23(26-21)20-4-3-13-29-20/h3-6,13-14,16,24H,7-12H2,1-2H3. The fraction of sp³-hybridized carbons (Fsp3) is 0.391. The Balaban J connectivity index is 1.68. The molecule has 1 aromatic carbocycles. The number of pyridine rings is 1. The number of benzene rings is 1. The molecule has 1 aliphatic heterocycles. The minimum Gasteiger partial charge on any atom is -0.497 e. The minimum atomic E-state index is 0.743. The molecule has 0 atom stereocenters. The minimum absolute atomic E-state index is 0.743. The zero-order valence-electron chi connectivity index (χ0n) is 16.9. The molecule has 1 fully saturated rings. The molecule has 4 aromatic rings. The number of fused-ring (bicyclic) bond motifs is 3. The predicted octanol–water partition coefficient (Wildman–Crippen LogP) is 4.55. The van der Waals surface area contributed by atoms with Crippen LogP contribution in [0.4, 0.5) is 0 Å². The van der Waals surface area contributed by atoms with Crippen molar-refractivity contribution in [1.82, 2.24) is 19.9 Å². The van der Waals surface area contributed by atoms with Crippen LogP contribution < -0.4 is 10.1 Å². The maximum absolute atomic E-state index is 5.74. The first-order valence-corrected chi connectivity index (χ1v) is 10.3. The molecule has 0 bridgehead atoms. The first-order chi connectivity index (χ1) is 14.2. The predicted molar refractivity (Wildman–Crippen MR) is 114 cm³/mol. The fourth-order valence-electron chi connectivity index (χ4n) is 4.44. The molecule has 0 spiro atoms. The SMILES string of the molecule is COc1ccc2c(c1)nc(C)c1nc(-c3ccco3)n(CCC3CCNCC3)c12. The Labute approximate surface area is 169 Å². The molecule has 6 nitrogen and oxygen atoms in total. The molecule has 0 unspecified atom stereocenters. The summed E-state index contributed by atoms with van der Waals surface area (Å²) in [5.41, 5.74) is 3.94. The third kappa shape index (κ3) is 3.27. The highest BCUT2D eigenvalue weighted by Gasteiger charge is 2.21. The lowest BCUT2D eigenvalue weighted by Gasteiger charge is -2.23.